The van der Waals surface area contributed by atoms with E-state index < -0.39 is 0 Å². The molecular formula is C26H29N5O3. The second kappa shape index (κ2) is 8.93. The number of methoxy groups -OCH3 is 2. The molecule has 1 aliphatic rings. The number of rotatable bonds is 5. The second-order valence-corrected chi connectivity index (χ2v) is 8.95. The van der Waals surface area contributed by atoms with Gasteiger partial charge in [-0.1, -0.05) is 11.6 Å². The number of nitrogens with zero attached hydrogens (tertiary/aromatic N) is 5. The van der Waals surface area contributed by atoms with Gasteiger partial charge in [0.2, 0.25) is 0 Å². The number of hydrogen-bond acceptors (Lipinski definition) is 7. The monoisotopic (exact) mass is 459 g/mol. The first-order valence-corrected chi connectivity index (χ1v) is 11.6. The van der Waals surface area contributed by atoms with Crippen molar-refractivity contribution in [2.75, 3.05) is 32.2 Å². The summed E-state index contributed by atoms with van der Waals surface area (Å²) in [5, 5.41) is 1.64. The molecule has 3 heterocycles. The molecule has 0 atom stereocenters. The zero-order chi connectivity index (χ0) is 23.8. The minimum atomic E-state index is 0.0523. The van der Waals surface area contributed by atoms with Gasteiger partial charge < -0.3 is 14.4 Å². The lowest BCUT2D eigenvalue weighted by molar-refractivity contribution is 0.348. The normalized spacial score (nSPS) is 14.6. The Hall–Kier alpha value is -3.68. The van der Waals surface area contributed by atoms with E-state index in [1.807, 2.05) is 48.7 Å². The van der Waals surface area contributed by atoms with Crippen LogP contribution in [0.5, 0.6) is 11.5 Å². The summed E-state index contributed by atoms with van der Waals surface area (Å²) in [6.45, 7) is 6.33. The maximum Gasteiger partial charge on any atom is 0.261 e. The number of aromatic nitrogens is 4. The van der Waals surface area contributed by atoms with Crippen LogP contribution < -0.4 is 19.9 Å². The van der Waals surface area contributed by atoms with Crippen molar-refractivity contribution in [3.05, 3.63) is 58.4 Å². The van der Waals surface area contributed by atoms with Gasteiger partial charge in [0.25, 0.3) is 5.56 Å². The summed E-state index contributed by atoms with van der Waals surface area (Å²) in [4.78, 5) is 29.2. The van der Waals surface area contributed by atoms with Crippen LogP contribution in [0.15, 0.2) is 41.5 Å². The molecule has 1 fully saturated rings. The fourth-order valence-electron chi connectivity index (χ4n) is 4.87. The highest BCUT2D eigenvalue weighted by atomic mass is 16.5. The number of benzene rings is 2. The molecule has 34 heavy (non-hydrogen) atoms. The second-order valence-electron chi connectivity index (χ2n) is 8.95. The number of aryl methyl sites for hydroxylation is 2. The molecular weight excluding hydrogens is 430 g/mol. The molecule has 0 bridgehead atoms. The molecule has 0 aliphatic carbocycles. The Labute approximate surface area is 198 Å². The molecule has 176 valence electrons. The molecule has 0 unspecified atom stereocenters. The van der Waals surface area contributed by atoms with Crippen LogP contribution in [0.4, 0.5) is 5.82 Å². The van der Waals surface area contributed by atoms with Crippen LogP contribution in [-0.4, -0.2) is 46.8 Å². The van der Waals surface area contributed by atoms with Gasteiger partial charge in [-0.3, -0.25) is 9.36 Å². The van der Waals surface area contributed by atoms with Gasteiger partial charge in [-0.15, -0.1) is 0 Å². The molecule has 5 rings (SSSR count). The highest BCUT2D eigenvalue weighted by Crippen LogP contribution is 2.35. The van der Waals surface area contributed by atoms with E-state index in [1.165, 1.54) is 0 Å². The van der Waals surface area contributed by atoms with E-state index in [4.69, 9.17) is 9.47 Å². The Morgan fingerprint density at radius 1 is 0.941 bits per heavy atom. The fraction of sp³-hybridized carbons (Fsp3) is 0.385. The standard InChI is InChI=1S/C26H29N5O3/c1-16-5-6-21-20(11-16)26(32)31(17(2)29-21)14-18-7-9-30(10-8-18)25-19-12-23(33-3)24(34-4)13-22(19)27-15-28-25/h5-6,11-13,15,18H,7-10,14H2,1-4H3. The number of piperidine rings is 1. The highest BCUT2D eigenvalue weighted by Gasteiger charge is 2.24. The average molecular weight is 460 g/mol. The van der Waals surface area contributed by atoms with E-state index >= 15 is 0 Å². The molecule has 2 aromatic carbocycles. The summed E-state index contributed by atoms with van der Waals surface area (Å²) in [6, 6.07) is 9.69. The van der Waals surface area contributed by atoms with Crippen LogP contribution in [0.1, 0.15) is 24.2 Å². The van der Waals surface area contributed by atoms with Crippen molar-refractivity contribution >= 4 is 27.6 Å². The zero-order valence-corrected chi connectivity index (χ0v) is 20.0. The number of hydrogen-bond donors (Lipinski definition) is 0. The maximum absolute atomic E-state index is 13.2. The van der Waals surface area contributed by atoms with E-state index in [-0.39, 0.29) is 5.56 Å². The van der Waals surface area contributed by atoms with Crippen molar-refractivity contribution in [1.82, 2.24) is 19.5 Å². The predicted molar refractivity (Wildman–Crippen MR) is 133 cm³/mol. The molecule has 0 saturated carbocycles. The Bertz CT molecular complexity index is 1420. The lowest BCUT2D eigenvalue weighted by atomic mass is 9.96. The fourth-order valence-corrected chi connectivity index (χ4v) is 4.87. The third kappa shape index (κ3) is 3.93. The summed E-state index contributed by atoms with van der Waals surface area (Å²) in [7, 11) is 3.25. The quantitative estimate of drug-likeness (QED) is 0.448. The smallest absolute Gasteiger partial charge is 0.261 e. The number of fused-ring (bicyclic) bond motifs is 2. The molecule has 0 spiro atoms. The molecule has 2 aromatic heterocycles. The van der Waals surface area contributed by atoms with Gasteiger partial charge in [-0.05, 0) is 50.8 Å². The summed E-state index contributed by atoms with van der Waals surface area (Å²) in [6.07, 6.45) is 3.54. The van der Waals surface area contributed by atoms with Gasteiger partial charge in [-0.25, -0.2) is 15.0 Å². The minimum Gasteiger partial charge on any atom is -0.493 e. The summed E-state index contributed by atoms with van der Waals surface area (Å²) >= 11 is 0. The van der Waals surface area contributed by atoms with Crippen LogP contribution in [-0.2, 0) is 6.54 Å². The summed E-state index contributed by atoms with van der Waals surface area (Å²) < 4.78 is 12.8. The number of anilines is 1. The summed E-state index contributed by atoms with van der Waals surface area (Å²) in [5.41, 5.74) is 2.71. The van der Waals surface area contributed by atoms with E-state index in [1.54, 1.807) is 20.5 Å². The molecule has 0 radical (unpaired) electrons. The van der Waals surface area contributed by atoms with Crippen LogP contribution in [0.25, 0.3) is 21.8 Å². The third-order valence-corrected chi connectivity index (χ3v) is 6.77. The Morgan fingerprint density at radius 2 is 1.68 bits per heavy atom. The Kier molecular flexibility index (Phi) is 5.81. The largest absolute Gasteiger partial charge is 0.493 e. The van der Waals surface area contributed by atoms with E-state index in [0.717, 1.165) is 59.6 Å². The number of ether oxygens (including phenoxy) is 2. The van der Waals surface area contributed by atoms with Crippen molar-refractivity contribution in [1.29, 1.82) is 0 Å². The van der Waals surface area contributed by atoms with Crippen molar-refractivity contribution in [3.63, 3.8) is 0 Å². The molecule has 8 nitrogen and oxygen atoms in total. The van der Waals surface area contributed by atoms with Crippen LogP contribution >= 0.6 is 0 Å². The van der Waals surface area contributed by atoms with E-state index in [2.05, 4.69) is 19.9 Å². The van der Waals surface area contributed by atoms with Gasteiger partial charge in [0.05, 0.1) is 30.6 Å². The minimum absolute atomic E-state index is 0.0523. The molecule has 0 N–H and O–H groups in total. The first-order valence-electron chi connectivity index (χ1n) is 11.6. The van der Waals surface area contributed by atoms with Gasteiger partial charge in [0.15, 0.2) is 11.5 Å². The Morgan fingerprint density at radius 3 is 2.41 bits per heavy atom. The third-order valence-electron chi connectivity index (χ3n) is 6.77. The Balaban J connectivity index is 1.37. The predicted octanol–water partition coefficient (Wildman–Crippen LogP) is 3.89. The zero-order valence-electron chi connectivity index (χ0n) is 20.0. The molecule has 0 amide bonds. The van der Waals surface area contributed by atoms with Crippen LogP contribution in [0.3, 0.4) is 0 Å². The van der Waals surface area contributed by atoms with Gasteiger partial charge >= 0.3 is 0 Å². The lowest BCUT2D eigenvalue weighted by Crippen LogP contribution is -2.37. The van der Waals surface area contributed by atoms with Crippen LogP contribution in [0.2, 0.25) is 0 Å². The SMILES string of the molecule is COc1cc2ncnc(N3CCC(Cn4c(C)nc5ccc(C)cc5c4=O)CC3)c2cc1OC. The van der Waals surface area contributed by atoms with Crippen molar-refractivity contribution in [3.8, 4) is 11.5 Å². The van der Waals surface area contributed by atoms with Gasteiger partial charge in [0, 0.05) is 31.1 Å². The van der Waals surface area contributed by atoms with Crippen molar-refractivity contribution in [2.45, 2.75) is 33.2 Å². The lowest BCUT2D eigenvalue weighted by Gasteiger charge is -2.33. The molecule has 1 saturated heterocycles. The summed E-state index contributed by atoms with van der Waals surface area (Å²) in [5.74, 6) is 3.39. The highest BCUT2D eigenvalue weighted by molar-refractivity contribution is 5.92. The topological polar surface area (TPSA) is 82.4 Å². The van der Waals surface area contributed by atoms with Crippen LogP contribution in [0, 0.1) is 19.8 Å². The average Bonchev–Trinajstić information content (AvgIpc) is 2.86. The van der Waals surface area contributed by atoms with Crippen molar-refractivity contribution in [2.24, 2.45) is 5.92 Å². The maximum atomic E-state index is 13.2. The molecule has 1 aliphatic heterocycles. The molecule has 4 aromatic rings. The van der Waals surface area contributed by atoms with E-state index in [0.29, 0.717) is 29.3 Å². The first kappa shape index (κ1) is 22.1. The molecule has 8 heteroatoms. The van der Waals surface area contributed by atoms with Crippen molar-refractivity contribution < 1.29 is 9.47 Å². The first-order chi connectivity index (χ1) is 16.5. The van der Waals surface area contributed by atoms with Gasteiger partial charge in [-0.2, -0.15) is 0 Å². The van der Waals surface area contributed by atoms with E-state index in [9.17, 15) is 4.79 Å². The van der Waals surface area contributed by atoms with Gasteiger partial charge in [0.1, 0.15) is 18.0 Å².